The maximum atomic E-state index is 11.7. The summed E-state index contributed by atoms with van der Waals surface area (Å²) in [5, 5.41) is 2.45. The third kappa shape index (κ3) is 2.92. The first kappa shape index (κ1) is 13.5. The maximum absolute atomic E-state index is 11.7. The van der Waals surface area contributed by atoms with Gasteiger partial charge in [-0.3, -0.25) is 9.59 Å². The third-order valence-corrected chi connectivity index (χ3v) is 2.61. The summed E-state index contributed by atoms with van der Waals surface area (Å²) in [5.41, 5.74) is 0.998. The van der Waals surface area contributed by atoms with Crippen molar-refractivity contribution in [1.29, 1.82) is 0 Å². The van der Waals surface area contributed by atoms with Crippen molar-refractivity contribution in [2.24, 2.45) is 0 Å². The van der Waals surface area contributed by atoms with E-state index in [9.17, 15) is 14.4 Å². The molecule has 0 saturated carbocycles. The lowest BCUT2D eigenvalue weighted by molar-refractivity contribution is -0.112. The molecule has 102 valence electrons. The van der Waals surface area contributed by atoms with E-state index in [-0.39, 0.29) is 5.69 Å². The molecule has 2 aromatic rings. The van der Waals surface area contributed by atoms with Crippen LogP contribution in [0.25, 0.3) is 0 Å². The number of anilines is 1. The Bertz CT molecular complexity index is 630. The number of hydrogen-bond donors (Lipinski definition) is 2. The van der Waals surface area contributed by atoms with Gasteiger partial charge in [0.1, 0.15) is 0 Å². The normalized spacial score (nSPS) is 9.85. The second kappa shape index (κ2) is 5.83. The standard InChI is InChI=1S/C14H12N2O4/c1-20-14(19)9-4-6-10(7-5-9)16-13(18)12(17)11-3-2-8-15-11/h2-8,15H,1H3,(H,16,18). The van der Waals surface area contributed by atoms with E-state index in [1.54, 1.807) is 12.3 Å². The van der Waals surface area contributed by atoms with Gasteiger partial charge >= 0.3 is 5.97 Å². The topological polar surface area (TPSA) is 88.3 Å². The van der Waals surface area contributed by atoms with E-state index in [1.165, 1.54) is 37.4 Å². The van der Waals surface area contributed by atoms with Crippen LogP contribution in [0.5, 0.6) is 0 Å². The number of Topliss-reactive ketones (excluding diaryl/α,β-unsaturated/α-hetero) is 1. The molecule has 0 bridgehead atoms. The van der Waals surface area contributed by atoms with Gasteiger partial charge in [-0.2, -0.15) is 0 Å². The number of ketones is 1. The van der Waals surface area contributed by atoms with Crippen molar-refractivity contribution in [3.05, 3.63) is 53.9 Å². The summed E-state index contributed by atoms with van der Waals surface area (Å²) in [4.78, 5) is 37.3. The van der Waals surface area contributed by atoms with E-state index in [4.69, 9.17) is 0 Å². The Balaban J connectivity index is 2.05. The zero-order chi connectivity index (χ0) is 14.5. The maximum Gasteiger partial charge on any atom is 0.337 e. The Hall–Kier alpha value is -2.89. The molecular formula is C14H12N2O4. The molecule has 0 aliphatic rings. The molecule has 1 heterocycles. The molecule has 2 rings (SSSR count). The van der Waals surface area contributed by atoms with E-state index < -0.39 is 17.7 Å². The number of aromatic nitrogens is 1. The Morgan fingerprint density at radius 2 is 1.80 bits per heavy atom. The van der Waals surface area contributed by atoms with E-state index >= 15 is 0 Å². The lowest BCUT2D eigenvalue weighted by Gasteiger charge is -2.04. The Morgan fingerprint density at radius 1 is 1.10 bits per heavy atom. The lowest BCUT2D eigenvalue weighted by Crippen LogP contribution is -2.23. The summed E-state index contributed by atoms with van der Waals surface area (Å²) in [5.74, 6) is -1.88. The molecule has 20 heavy (non-hydrogen) atoms. The number of aromatic amines is 1. The molecule has 2 N–H and O–H groups in total. The third-order valence-electron chi connectivity index (χ3n) is 2.61. The van der Waals surface area contributed by atoms with E-state index in [0.717, 1.165) is 0 Å². The average Bonchev–Trinajstić information content (AvgIpc) is 3.00. The quantitative estimate of drug-likeness (QED) is 0.503. The predicted molar refractivity (Wildman–Crippen MR) is 71.5 cm³/mol. The lowest BCUT2D eigenvalue weighted by atomic mass is 10.2. The van der Waals surface area contributed by atoms with Gasteiger partial charge in [-0.05, 0) is 36.4 Å². The van der Waals surface area contributed by atoms with Gasteiger partial charge in [0.15, 0.2) is 0 Å². The minimum Gasteiger partial charge on any atom is -0.465 e. The van der Waals surface area contributed by atoms with Crippen molar-refractivity contribution >= 4 is 23.3 Å². The van der Waals surface area contributed by atoms with Gasteiger partial charge in [0.25, 0.3) is 11.7 Å². The average molecular weight is 272 g/mol. The highest BCUT2D eigenvalue weighted by Gasteiger charge is 2.17. The fourth-order valence-electron chi connectivity index (χ4n) is 1.59. The Morgan fingerprint density at radius 3 is 2.35 bits per heavy atom. The largest absolute Gasteiger partial charge is 0.465 e. The molecule has 0 aliphatic heterocycles. The first-order valence-corrected chi connectivity index (χ1v) is 5.79. The van der Waals surface area contributed by atoms with Crippen molar-refractivity contribution < 1.29 is 19.1 Å². The smallest absolute Gasteiger partial charge is 0.337 e. The molecule has 0 aliphatic carbocycles. The second-order valence-electron chi connectivity index (χ2n) is 3.94. The second-order valence-corrected chi connectivity index (χ2v) is 3.94. The SMILES string of the molecule is COC(=O)c1ccc(NC(=O)C(=O)c2ccc[nH]2)cc1. The molecule has 1 aromatic carbocycles. The van der Waals surface area contributed by atoms with Crippen molar-refractivity contribution in [1.82, 2.24) is 4.98 Å². The molecule has 0 fully saturated rings. The van der Waals surface area contributed by atoms with Gasteiger partial charge in [-0.15, -0.1) is 0 Å². The van der Waals surface area contributed by atoms with E-state index in [1.807, 2.05) is 0 Å². The molecule has 6 nitrogen and oxygen atoms in total. The molecule has 0 atom stereocenters. The molecule has 0 unspecified atom stereocenters. The fraction of sp³-hybridized carbons (Fsp3) is 0.0714. The van der Waals surface area contributed by atoms with Crippen LogP contribution in [-0.2, 0) is 9.53 Å². The number of H-pyrrole nitrogens is 1. The van der Waals surface area contributed by atoms with Gasteiger partial charge in [0, 0.05) is 11.9 Å². The van der Waals surface area contributed by atoms with Crippen LogP contribution in [0.1, 0.15) is 20.8 Å². The van der Waals surface area contributed by atoms with Crippen molar-refractivity contribution in [2.75, 3.05) is 12.4 Å². The molecular weight excluding hydrogens is 260 g/mol. The van der Waals surface area contributed by atoms with Crippen LogP contribution in [-0.4, -0.2) is 29.8 Å². The summed E-state index contributed by atoms with van der Waals surface area (Å²) in [6.07, 6.45) is 1.56. The van der Waals surface area contributed by atoms with Crippen LogP contribution in [0.15, 0.2) is 42.6 Å². The molecule has 1 amide bonds. The summed E-state index contributed by atoms with van der Waals surface area (Å²) in [6, 6.07) is 9.19. The predicted octanol–water partition coefficient (Wildman–Crippen LogP) is 1.62. The first-order chi connectivity index (χ1) is 9.61. The van der Waals surface area contributed by atoms with Crippen molar-refractivity contribution in [2.45, 2.75) is 0 Å². The first-order valence-electron chi connectivity index (χ1n) is 5.79. The fourth-order valence-corrected chi connectivity index (χ4v) is 1.59. The number of ether oxygens (including phenoxy) is 1. The van der Waals surface area contributed by atoms with Gasteiger partial charge in [0.2, 0.25) is 0 Å². The summed E-state index contributed by atoms with van der Waals surface area (Å²) >= 11 is 0. The highest BCUT2D eigenvalue weighted by Crippen LogP contribution is 2.11. The molecule has 6 heteroatoms. The molecule has 1 aromatic heterocycles. The zero-order valence-corrected chi connectivity index (χ0v) is 10.7. The highest BCUT2D eigenvalue weighted by molar-refractivity contribution is 6.46. The number of rotatable bonds is 4. The van der Waals surface area contributed by atoms with E-state index in [2.05, 4.69) is 15.0 Å². The summed E-state index contributed by atoms with van der Waals surface area (Å²) < 4.78 is 4.56. The van der Waals surface area contributed by atoms with Crippen molar-refractivity contribution in [3.8, 4) is 0 Å². The van der Waals surface area contributed by atoms with Gasteiger partial charge < -0.3 is 15.0 Å². The summed E-state index contributed by atoms with van der Waals surface area (Å²) in [7, 11) is 1.28. The minimum absolute atomic E-state index is 0.216. The highest BCUT2D eigenvalue weighted by atomic mass is 16.5. The zero-order valence-electron chi connectivity index (χ0n) is 10.7. The van der Waals surface area contributed by atoms with Crippen LogP contribution >= 0.6 is 0 Å². The van der Waals surface area contributed by atoms with Gasteiger partial charge in [-0.1, -0.05) is 0 Å². The van der Waals surface area contributed by atoms with Crippen LogP contribution in [0.3, 0.4) is 0 Å². The van der Waals surface area contributed by atoms with Crippen molar-refractivity contribution in [3.63, 3.8) is 0 Å². The molecule has 0 saturated heterocycles. The number of benzene rings is 1. The number of carbonyl (C=O) groups excluding carboxylic acids is 3. The van der Waals surface area contributed by atoms with Gasteiger partial charge in [-0.25, -0.2) is 4.79 Å². The molecule has 0 radical (unpaired) electrons. The Kier molecular flexibility index (Phi) is 3.95. The number of amides is 1. The number of esters is 1. The van der Waals surface area contributed by atoms with Crippen LogP contribution in [0.2, 0.25) is 0 Å². The van der Waals surface area contributed by atoms with Crippen LogP contribution in [0.4, 0.5) is 5.69 Å². The molecule has 0 spiro atoms. The van der Waals surface area contributed by atoms with E-state index in [0.29, 0.717) is 11.3 Å². The number of hydrogen-bond acceptors (Lipinski definition) is 4. The monoisotopic (exact) mass is 272 g/mol. The van der Waals surface area contributed by atoms with Crippen LogP contribution in [0, 0.1) is 0 Å². The minimum atomic E-state index is -0.752. The summed E-state index contributed by atoms with van der Waals surface area (Å²) in [6.45, 7) is 0. The number of carbonyl (C=O) groups is 3. The number of nitrogens with one attached hydrogen (secondary N) is 2. The number of methoxy groups -OCH3 is 1. The Labute approximate surface area is 114 Å². The van der Waals surface area contributed by atoms with Crippen LogP contribution < -0.4 is 5.32 Å². The van der Waals surface area contributed by atoms with Gasteiger partial charge in [0.05, 0.1) is 18.4 Å².